The largest absolute Gasteiger partial charge is 0.362 e. The van der Waals surface area contributed by atoms with Crippen LogP contribution >= 0.6 is 0 Å². The average molecular weight is 431 g/mol. The third-order valence-electron chi connectivity index (χ3n) is 5.57. The molecule has 1 aliphatic heterocycles. The highest BCUT2D eigenvalue weighted by atomic mass is 16.6. The second-order valence-electron chi connectivity index (χ2n) is 7.61. The maximum atomic E-state index is 12.5. The third-order valence-corrected chi connectivity index (χ3v) is 5.57. The van der Waals surface area contributed by atoms with Crippen LogP contribution in [0.1, 0.15) is 15.9 Å². The first-order chi connectivity index (χ1) is 15.6. The molecule has 1 saturated heterocycles. The number of benzene rings is 2. The van der Waals surface area contributed by atoms with Crippen molar-refractivity contribution in [3.8, 4) is 0 Å². The Morgan fingerprint density at radius 2 is 1.69 bits per heavy atom. The van der Waals surface area contributed by atoms with Crippen LogP contribution in [0.4, 0.5) is 17.2 Å². The second-order valence-corrected chi connectivity index (χ2v) is 7.61. The van der Waals surface area contributed by atoms with Gasteiger partial charge in [0.05, 0.1) is 4.92 Å². The van der Waals surface area contributed by atoms with Crippen molar-refractivity contribution in [2.75, 3.05) is 42.5 Å². The number of nitrogens with zero attached hydrogens (tertiary/aromatic N) is 4. The molecule has 8 nitrogen and oxygen atoms in total. The summed E-state index contributed by atoms with van der Waals surface area (Å²) in [6.45, 7) is 3.18. The Bertz CT molecular complexity index is 1070. The molecule has 0 unspecified atom stereocenters. The molecule has 1 amide bonds. The molecular weight excluding hydrogens is 406 g/mol. The summed E-state index contributed by atoms with van der Waals surface area (Å²) in [4.78, 5) is 32.4. The van der Waals surface area contributed by atoms with E-state index in [2.05, 4.69) is 15.2 Å². The number of rotatable bonds is 7. The first kappa shape index (κ1) is 21.3. The van der Waals surface area contributed by atoms with Crippen LogP contribution in [-0.2, 0) is 6.42 Å². The Labute approximate surface area is 186 Å². The Kier molecular flexibility index (Phi) is 6.60. The van der Waals surface area contributed by atoms with Crippen LogP contribution in [0.25, 0.3) is 0 Å². The number of hydrogen-bond acceptors (Lipinski definition) is 6. The highest BCUT2D eigenvalue weighted by Gasteiger charge is 2.25. The summed E-state index contributed by atoms with van der Waals surface area (Å²) in [5.41, 5.74) is 1.91. The first-order valence-corrected chi connectivity index (χ1v) is 10.6. The fourth-order valence-electron chi connectivity index (χ4n) is 3.86. The molecule has 164 valence electrons. The molecule has 4 rings (SSSR count). The molecule has 1 fully saturated rings. The molecular formula is C24H25N5O3. The lowest BCUT2D eigenvalue weighted by atomic mass is 10.1. The predicted molar refractivity (Wildman–Crippen MR) is 124 cm³/mol. The van der Waals surface area contributed by atoms with Gasteiger partial charge in [0.2, 0.25) is 0 Å². The van der Waals surface area contributed by atoms with Gasteiger partial charge >= 0.3 is 0 Å². The summed E-state index contributed by atoms with van der Waals surface area (Å²) >= 11 is 0. The molecule has 0 radical (unpaired) electrons. The van der Waals surface area contributed by atoms with Gasteiger partial charge in [0.25, 0.3) is 11.6 Å². The topological polar surface area (TPSA) is 91.6 Å². The molecule has 2 heterocycles. The Balaban J connectivity index is 1.40. The van der Waals surface area contributed by atoms with Crippen molar-refractivity contribution in [1.82, 2.24) is 10.3 Å². The lowest BCUT2D eigenvalue weighted by Gasteiger charge is -2.36. The minimum absolute atomic E-state index is 0.0491. The summed E-state index contributed by atoms with van der Waals surface area (Å²) in [6, 6.07) is 20.4. The number of aromatic nitrogens is 1. The number of piperazine rings is 1. The number of anilines is 2. The molecule has 8 heteroatoms. The van der Waals surface area contributed by atoms with E-state index in [1.54, 1.807) is 18.3 Å². The monoisotopic (exact) mass is 431 g/mol. The van der Waals surface area contributed by atoms with E-state index in [0.29, 0.717) is 37.3 Å². The standard InChI is InChI=1S/C24H25N5O3/c30-24(26-13-11-19-6-2-1-3-7-19)20-9-10-21(22(18-20)29(31)32)27-14-16-28(17-15-27)23-8-4-5-12-25-23/h1-10,12,18H,11,13-17H2,(H,26,30). The number of nitro groups is 1. The molecule has 1 N–H and O–H groups in total. The van der Waals surface area contributed by atoms with Crippen LogP contribution in [0.15, 0.2) is 72.9 Å². The van der Waals surface area contributed by atoms with E-state index in [-0.39, 0.29) is 11.6 Å². The third kappa shape index (κ3) is 5.03. The molecule has 3 aromatic rings. The average Bonchev–Trinajstić information content (AvgIpc) is 2.85. The highest BCUT2D eigenvalue weighted by molar-refractivity contribution is 5.95. The van der Waals surface area contributed by atoms with Crippen molar-refractivity contribution in [1.29, 1.82) is 0 Å². The van der Waals surface area contributed by atoms with Gasteiger partial charge in [0.15, 0.2) is 0 Å². The molecule has 0 atom stereocenters. The highest BCUT2D eigenvalue weighted by Crippen LogP contribution is 2.30. The summed E-state index contributed by atoms with van der Waals surface area (Å²) in [5.74, 6) is 0.597. The van der Waals surface area contributed by atoms with E-state index in [4.69, 9.17) is 0 Å². The second kappa shape index (κ2) is 9.91. The van der Waals surface area contributed by atoms with Gasteiger partial charge in [0.1, 0.15) is 11.5 Å². The van der Waals surface area contributed by atoms with E-state index in [9.17, 15) is 14.9 Å². The van der Waals surface area contributed by atoms with Crippen molar-refractivity contribution in [3.05, 3.63) is 94.2 Å². The van der Waals surface area contributed by atoms with Crippen molar-refractivity contribution < 1.29 is 9.72 Å². The van der Waals surface area contributed by atoms with E-state index < -0.39 is 4.92 Å². The lowest BCUT2D eigenvalue weighted by molar-refractivity contribution is -0.384. The van der Waals surface area contributed by atoms with Gasteiger partial charge in [-0.25, -0.2) is 4.98 Å². The maximum absolute atomic E-state index is 12.5. The van der Waals surface area contributed by atoms with Gasteiger partial charge in [-0.15, -0.1) is 0 Å². The quantitative estimate of drug-likeness (QED) is 0.456. The first-order valence-electron chi connectivity index (χ1n) is 10.6. The van der Waals surface area contributed by atoms with E-state index in [0.717, 1.165) is 24.5 Å². The molecule has 2 aromatic carbocycles. The molecule has 1 aliphatic rings. The van der Waals surface area contributed by atoms with Crippen molar-refractivity contribution in [2.24, 2.45) is 0 Å². The summed E-state index contributed by atoms with van der Waals surface area (Å²) in [6.07, 6.45) is 2.46. The Morgan fingerprint density at radius 3 is 2.38 bits per heavy atom. The molecule has 0 spiro atoms. The Hall–Kier alpha value is -3.94. The zero-order chi connectivity index (χ0) is 22.3. The van der Waals surface area contributed by atoms with Crippen LogP contribution in [0.5, 0.6) is 0 Å². The number of nitrogens with one attached hydrogen (secondary N) is 1. The van der Waals surface area contributed by atoms with Gasteiger partial charge in [-0.2, -0.15) is 0 Å². The predicted octanol–water partition coefficient (Wildman–Crippen LogP) is 3.29. The Morgan fingerprint density at radius 1 is 0.969 bits per heavy atom. The summed E-state index contributed by atoms with van der Waals surface area (Å²) < 4.78 is 0. The van der Waals surface area contributed by atoms with Gasteiger partial charge in [-0.05, 0) is 36.2 Å². The van der Waals surface area contributed by atoms with Crippen molar-refractivity contribution in [2.45, 2.75) is 6.42 Å². The van der Waals surface area contributed by atoms with Gasteiger partial charge < -0.3 is 15.1 Å². The van der Waals surface area contributed by atoms with E-state index >= 15 is 0 Å². The molecule has 32 heavy (non-hydrogen) atoms. The van der Waals surface area contributed by atoms with Crippen LogP contribution in [-0.4, -0.2) is 48.5 Å². The normalized spacial score (nSPS) is 13.6. The number of carbonyl (C=O) groups is 1. The molecule has 1 aromatic heterocycles. The molecule has 0 bridgehead atoms. The zero-order valence-electron chi connectivity index (χ0n) is 17.7. The van der Waals surface area contributed by atoms with E-state index in [1.165, 1.54) is 6.07 Å². The fraction of sp³-hybridized carbons (Fsp3) is 0.250. The van der Waals surface area contributed by atoms with Gasteiger partial charge in [-0.1, -0.05) is 36.4 Å². The number of carbonyl (C=O) groups excluding carboxylic acids is 1. The minimum Gasteiger partial charge on any atom is -0.362 e. The SMILES string of the molecule is O=C(NCCc1ccccc1)c1ccc(N2CCN(c3ccccn3)CC2)c([N+](=O)[O-])c1. The smallest absolute Gasteiger partial charge is 0.293 e. The summed E-state index contributed by atoms with van der Waals surface area (Å²) in [7, 11) is 0. The van der Waals surface area contributed by atoms with E-state index in [1.807, 2.05) is 53.4 Å². The van der Waals surface area contributed by atoms with Gasteiger partial charge in [-0.3, -0.25) is 14.9 Å². The van der Waals surface area contributed by atoms with Crippen molar-refractivity contribution in [3.63, 3.8) is 0 Å². The summed E-state index contributed by atoms with van der Waals surface area (Å²) in [5, 5.41) is 14.6. The molecule has 0 saturated carbocycles. The van der Waals surface area contributed by atoms with Crippen molar-refractivity contribution >= 4 is 23.1 Å². The van der Waals surface area contributed by atoms with Gasteiger partial charge in [0, 0.05) is 50.6 Å². The number of hydrogen-bond donors (Lipinski definition) is 1. The number of nitro benzene ring substituents is 1. The fourth-order valence-corrected chi connectivity index (χ4v) is 3.86. The number of pyridine rings is 1. The zero-order valence-corrected chi connectivity index (χ0v) is 17.7. The minimum atomic E-state index is -0.415. The van der Waals surface area contributed by atoms with Crippen LogP contribution in [0.3, 0.4) is 0 Å². The van der Waals surface area contributed by atoms with Crippen LogP contribution in [0.2, 0.25) is 0 Å². The number of amides is 1. The maximum Gasteiger partial charge on any atom is 0.293 e. The lowest BCUT2D eigenvalue weighted by Crippen LogP contribution is -2.47. The van der Waals surface area contributed by atoms with Crippen LogP contribution < -0.4 is 15.1 Å². The molecule has 0 aliphatic carbocycles. The van der Waals surface area contributed by atoms with Crippen LogP contribution in [0, 0.1) is 10.1 Å².